The average Bonchev–Trinajstić information content (AvgIpc) is 3.47. The van der Waals surface area contributed by atoms with E-state index in [1.807, 2.05) is 36.1 Å². The van der Waals surface area contributed by atoms with Crippen molar-refractivity contribution < 1.29 is 45.4 Å². The van der Waals surface area contributed by atoms with Gasteiger partial charge in [-0.3, -0.25) is 24.3 Å². The fraction of sp³-hybridized carbons (Fsp3) is 0.429. The van der Waals surface area contributed by atoms with Crippen molar-refractivity contribution in [2.45, 2.75) is 75.8 Å². The summed E-state index contributed by atoms with van der Waals surface area (Å²) in [6.45, 7) is 4.46. The summed E-state index contributed by atoms with van der Waals surface area (Å²) in [5.74, 6) is -1.21. The molecule has 0 unspecified atom stereocenters. The number of fused-ring (bicyclic) bond motifs is 2. The second kappa shape index (κ2) is 15.6. The number of benzene rings is 3. The highest BCUT2D eigenvalue weighted by molar-refractivity contribution is 7.90. The van der Waals surface area contributed by atoms with Gasteiger partial charge in [-0.1, -0.05) is 41.9 Å². The second-order valence-corrected chi connectivity index (χ2v) is 18.3. The van der Waals surface area contributed by atoms with Crippen LogP contribution in [0.1, 0.15) is 60.5 Å². The largest absolute Gasteiger partial charge is 0.573 e. The molecule has 60 heavy (non-hydrogen) atoms. The van der Waals surface area contributed by atoms with Crippen molar-refractivity contribution in [3.8, 4) is 45.5 Å². The van der Waals surface area contributed by atoms with Crippen molar-refractivity contribution in [2.75, 3.05) is 33.3 Å². The van der Waals surface area contributed by atoms with E-state index in [0.29, 0.717) is 91.3 Å². The van der Waals surface area contributed by atoms with E-state index in [-0.39, 0.29) is 47.1 Å². The molecule has 9 rings (SSSR count). The van der Waals surface area contributed by atoms with E-state index in [4.69, 9.17) is 25.7 Å². The standard InChI is InChI=1S/C42H42ClF3N6O7S/c1-22-26(5-3-6-27(22)33-18-47-34(41(49-33)57-2)21-51-15-14-24(53)20-51)28-7-4-8-30(36(28)43)40-48-32-17-31-29(37(38(32)58-40)59-42(44,45)46)11-12-35(31)52-16-13-23(19-52)39(54)50-60(55,56)25-9-10-25/h3-8,17-18,23-25,35,53H,9-16,19-21H2,1-2H3,(H,50,54)/t23-,24-,35-/m1/s1. The normalized spacial score (nSPS) is 21.1. The zero-order valence-corrected chi connectivity index (χ0v) is 34.3. The van der Waals surface area contributed by atoms with Crippen LogP contribution in [0.25, 0.3) is 44.9 Å². The minimum Gasteiger partial charge on any atom is -0.480 e. The number of nitrogens with zero attached hydrogens (tertiary/aromatic N) is 5. The number of hydrogen-bond acceptors (Lipinski definition) is 12. The maximum atomic E-state index is 14.0. The highest BCUT2D eigenvalue weighted by atomic mass is 35.5. The van der Waals surface area contributed by atoms with Gasteiger partial charge in [-0.25, -0.2) is 18.4 Å². The van der Waals surface area contributed by atoms with Gasteiger partial charge in [0.2, 0.25) is 27.7 Å². The van der Waals surface area contributed by atoms with E-state index >= 15 is 0 Å². The van der Waals surface area contributed by atoms with Crippen LogP contribution in [0.2, 0.25) is 5.02 Å². The molecule has 4 heterocycles. The molecule has 2 saturated heterocycles. The molecule has 0 spiro atoms. The van der Waals surface area contributed by atoms with Gasteiger partial charge in [0.15, 0.2) is 11.3 Å². The number of β-amino-alcohol motifs (C(OH)–C–C–N with tert-alkyl or cyclic N) is 1. The minimum atomic E-state index is -5.02. The first kappa shape index (κ1) is 40.6. The number of carbonyl (C=O) groups is 1. The van der Waals surface area contributed by atoms with Gasteiger partial charge in [0.1, 0.15) is 11.2 Å². The summed E-state index contributed by atoms with van der Waals surface area (Å²) in [4.78, 5) is 31.2. The van der Waals surface area contributed by atoms with Gasteiger partial charge in [-0.15, -0.1) is 13.2 Å². The molecular formula is C42H42ClF3N6O7S. The summed E-state index contributed by atoms with van der Waals surface area (Å²) in [5, 5.41) is 9.70. The lowest BCUT2D eigenvalue weighted by molar-refractivity contribution is -0.274. The van der Waals surface area contributed by atoms with Crippen LogP contribution in [0, 0.1) is 12.8 Å². The molecule has 2 aromatic heterocycles. The number of carbonyl (C=O) groups excluding carboxylic acids is 1. The van der Waals surface area contributed by atoms with Crippen molar-refractivity contribution in [1.29, 1.82) is 0 Å². The molecule has 0 radical (unpaired) electrons. The monoisotopic (exact) mass is 866 g/mol. The number of sulfonamides is 1. The third kappa shape index (κ3) is 7.81. The number of ether oxygens (including phenoxy) is 2. The van der Waals surface area contributed by atoms with Gasteiger partial charge in [0.25, 0.3) is 0 Å². The van der Waals surface area contributed by atoms with Crippen molar-refractivity contribution in [3.63, 3.8) is 0 Å². The highest BCUT2D eigenvalue weighted by Crippen LogP contribution is 2.49. The number of likely N-dealkylation sites (tertiary alicyclic amines) is 2. The lowest BCUT2D eigenvalue weighted by Gasteiger charge is -2.25. The third-order valence-corrected chi connectivity index (χ3v) is 14.3. The fourth-order valence-electron chi connectivity index (χ4n) is 8.85. The Morgan fingerprint density at radius 1 is 1.02 bits per heavy atom. The van der Waals surface area contributed by atoms with Crippen LogP contribution in [-0.4, -0.2) is 95.2 Å². The van der Waals surface area contributed by atoms with Crippen molar-refractivity contribution >= 4 is 38.6 Å². The fourth-order valence-corrected chi connectivity index (χ4v) is 10.5. The van der Waals surface area contributed by atoms with Crippen LogP contribution >= 0.6 is 11.6 Å². The van der Waals surface area contributed by atoms with E-state index in [0.717, 1.165) is 23.2 Å². The number of oxazole rings is 1. The first-order valence-electron chi connectivity index (χ1n) is 19.9. The van der Waals surface area contributed by atoms with E-state index in [1.54, 1.807) is 31.5 Å². The number of alkyl halides is 3. The number of aromatic nitrogens is 3. The van der Waals surface area contributed by atoms with Crippen molar-refractivity contribution in [1.82, 2.24) is 29.5 Å². The Kier molecular flexibility index (Phi) is 10.5. The summed E-state index contributed by atoms with van der Waals surface area (Å²) in [7, 11) is -2.17. The number of methoxy groups -OCH3 is 1. The molecule has 3 aromatic carbocycles. The number of amides is 1. The number of rotatable bonds is 11. The summed E-state index contributed by atoms with van der Waals surface area (Å²) >= 11 is 7.13. The molecule has 1 amide bonds. The topological polar surface area (TPSA) is 160 Å². The lowest BCUT2D eigenvalue weighted by Crippen LogP contribution is -2.38. The Labute approximate surface area is 348 Å². The molecule has 13 nitrogen and oxygen atoms in total. The van der Waals surface area contributed by atoms with Gasteiger partial charge in [0, 0.05) is 48.9 Å². The summed E-state index contributed by atoms with van der Waals surface area (Å²) in [6, 6.07) is 12.4. The van der Waals surface area contributed by atoms with Crippen LogP contribution in [0.3, 0.4) is 0 Å². The Balaban J connectivity index is 1.02. The Bertz CT molecular complexity index is 2620. The van der Waals surface area contributed by atoms with E-state index < -0.39 is 39.2 Å². The summed E-state index contributed by atoms with van der Waals surface area (Å²) < 4.78 is 85.6. The molecule has 1 saturated carbocycles. The summed E-state index contributed by atoms with van der Waals surface area (Å²) in [6.07, 6.45) is -0.800. The van der Waals surface area contributed by atoms with Gasteiger partial charge in [-0.05, 0) is 80.8 Å². The molecule has 2 N–H and O–H groups in total. The number of nitrogens with one attached hydrogen (secondary N) is 1. The number of hydrogen-bond donors (Lipinski definition) is 2. The van der Waals surface area contributed by atoms with Crippen LogP contribution in [0.15, 0.2) is 53.1 Å². The quantitative estimate of drug-likeness (QED) is 0.141. The van der Waals surface area contributed by atoms with Crippen molar-refractivity contribution in [3.05, 3.63) is 76.1 Å². The molecule has 2 aliphatic heterocycles. The third-order valence-electron chi connectivity index (χ3n) is 12.0. The van der Waals surface area contributed by atoms with Crippen LogP contribution < -0.4 is 14.2 Å². The molecule has 0 bridgehead atoms. The Morgan fingerprint density at radius 3 is 2.48 bits per heavy atom. The van der Waals surface area contributed by atoms with Crippen molar-refractivity contribution in [2.24, 2.45) is 5.92 Å². The molecule has 2 aliphatic carbocycles. The first-order chi connectivity index (χ1) is 28.7. The summed E-state index contributed by atoms with van der Waals surface area (Å²) in [5.41, 5.74) is 5.55. The average molecular weight is 867 g/mol. The number of halogens is 4. The molecule has 3 fully saturated rings. The van der Waals surface area contributed by atoms with Gasteiger partial charge in [0.05, 0.1) is 46.9 Å². The van der Waals surface area contributed by atoms with E-state index in [2.05, 4.69) is 24.3 Å². The predicted molar refractivity (Wildman–Crippen MR) is 216 cm³/mol. The Morgan fingerprint density at radius 2 is 1.77 bits per heavy atom. The van der Waals surface area contributed by atoms with Gasteiger partial charge in [-0.2, -0.15) is 0 Å². The molecule has 18 heteroatoms. The smallest absolute Gasteiger partial charge is 0.480 e. The molecule has 3 atom stereocenters. The molecular weight excluding hydrogens is 825 g/mol. The van der Waals surface area contributed by atoms with E-state index in [9.17, 15) is 31.5 Å². The predicted octanol–water partition coefficient (Wildman–Crippen LogP) is 6.97. The van der Waals surface area contributed by atoms with Crippen LogP contribution in [0.5, 0.6) is 11.6 Å². The number of aliphatic hydroxyl groups excluding tert-OH is 1. The van der Waals surface area contributed by atoms with Crippen LogP contribution in [0.4, 0.5) is 13.2 Å². The highest BCUT2D eigenvalue weighted by Gasteiger charge is 2.43. The first-order valence-corrected chi connectivity index (χ1v) is 21.8. The van der Waals surface area contributed by atoms with Gasteiger partial charge >= 0.3 is 6.36 Å². The lowest BCUT2D eigenvalue weighted by atomic mass is 9.94. The Hall–Kier alpha value is -4.81. The van der Waals surface area contributed by atoms with Gasteiger partial charge < -0.3 is 19.0 Å². The zero-order valence-electron chi connectivity index (χ0n) is 32.8. The molecule has 4 aliphatic rings. The maximum Gasteiger partial charge on any atom is 0.573 e. The second-order valence-electron chi connectivity index (χ2n) is 16.0. The molecule has 5 aromatic rings. The number of aliphatic hydroxyl groups is 1. The minimum absolute atomic E-state index is 0.00407. The van der Waals surface area contributed by atoms with Crippen LogP contribution in [-0.2, 0) is 27.8 Å². The van der Waals surface area contributed by atoms with E-state index in [1.165, 1.54) is 0 Å². The maximum absolute atomic E-state index is 14.0. The zero-order chi connectivity index (χ0) is 42.1. The SMILES string of the molecule is COc1nc(-c2cccc(-c3cccc(-c4nc5cc6c(c(OC(F)(F)F)c5o4)CC[C@H]6N4CC[C@@H](C(=O)NS(=O)(=O)C5CC5)C4)c3Cl)c2C)cnc1CN1CC[C@@H](O)C1. The molecule has 316 valence electrons.